The molecule has 0 aliphatic carbocycles. The molecule has 0 unspecified atom stereocenters. The van der Waals surface area contributed by atoms with E-state index in [4.69, 9.17) is 5.53 Å². The molecule has 0 saturated carbocycles. The highest BCUT2D eigenvalue weighted by atomic mass is 15.1. The second-order valence-electron chi connectivity index (χ2n) is 1.91. The topological polar surface area (TPSA) is 61.7 Å². The summed E-state index contributed by atoms with van der Waals surface area (Å²) in [5, 5.41) is 3.39. The fraction of sp³-hybridized carbons (Fsp3) is 0.167. The maximum absolute atomic E-state index is 8.04. The van der Waals surface area contributed by atoms with Gasteiger partial charge in [0.05, 0.1) is 5.69 Å². The van der Waals surface area contributed by atoms with Gasteiger partial charge in [-0.1, -0.05) is 5.11 Å². The van der Waals surface area contributed by atoms with Crippen molar-refractivity contribution in [2.24, 2.45) is 5.11 Å². The van der Waals surface area contributed by atoms with Gasteiger partial charge < -0.3 is 0 Å². The van der Waals surface area contributed by atoms with Crippen LogP contribution in [0, 0.1) is 6.92 Å². The molecule has 0 fully saturated rings. The number of hydrogen-bond acceptors (Lipinski definition) is 2. The van der Waals surface area contributed by atoms with Crippen LogP contribution >= 0.6 is 0 Å². The Labute approximate surface area is 58.1 Å². The van der Waals surface area contributed by atoms with Crippen LogP contribution in [-0.4, -0.2) is 4.98 Å². The van der Waals surface area contributed by atoms with Gasteiger partial charge in [0.25, 0.3) is 0 Å². The standard InChI is InChI=1S/C6H6N4/c1-5-2-6(9-10-7)4-8-3-5/h2-4H,1H3. The summed E-state index contributed by atoms with van der Waals surface area (Å²) in [6.45, 7) is 1.89. The Morgan fingerprint density at radius 2 is 2.40 bits per heavy atom. The number of aryl methyl sites for hydroxylation is 1. The summed E-state index contributed by atoms with van der Waals surface area (Å²) in [6, 6.07) is 1.77. The Morgan fingerprint density at radius 3 is 3.00 bits per heavy atom. The van der Waals surface area contributed by atoms with Gasteiger partial charge in [0.1, 0.15) is 0 Å². The molecule has 0 aromatic carbocycles. The fourth-order valence-corrected chi connectivity index (χ4v) is 0.645. The zero-order valence-electron chi connectivity index (χ0n) is 5.52. The summed E-state index contributed by atoms with van der Waals surface area (Å²) in [4.78, 5) is 6.47. The molecule has 0 atom stereocenters. The van der Waals surface area contributed by atoms with Gasteiger partial charge in [0, 0.05) is 17.3 Å². The van der Waals surface area contributed by atoms with Gasteiger partial charge in [-0.05, 0) is 24.1 Å². The van der Waals surface area contributed by atoms with Gasteiger partial charge in [-0.3, -0.25) is 4.98 Å². The second kappa shape index (κ2) is 2.85. The van der Waals surface area contributed by atoms with Crippen molar-refractivity contribution in [1.29, 1.82) is 0 Å². The van der Waals surface area contributed by atoms with Crippen molar-refractivity contribution in [2.45, 2.75) is 6.92 Å². The molecule has 0 bridgehead atoms. The van der Waals surface area contributed by atoms with Crippen LogP contribution in [0.5, 0.6) is 0 Å². The van der Waals surface area contributed by atoms with Crippen LogP contribution in [0.2, 0.25) is 0 Å². The van der Waals surface area contributed by atoms with E-state index in [9.17, 15) is 0 Å². The van der Waals surface area contributed by atoms with Gasteiger partial charge in [-0.25, -0.2) is 0 Å². The highest BCUT2D eigenvalue weighted by Gasteiger charge is 1.86. The molecular weight excluding hydrogens is 128 g/mol. The first-order chi connectivity index (χ1) is 4.83. The highest BCUT2D eigenvalue weighted by molar-refractivity contribution is 5.35. The quantitative estimate of drug-likeness (QED) is 0.330. The first-order valence-electron chi connectivity index (χ1n) is 2.79. The number of azide groups is 1. The van der Waals surface area contributed by atoms with E-state index in [0.717, 1.165) is 5.56 Å². The van der Waals surface area contributed by atoms with Crippen molar-refractivity contribution < 1.29 is 0 Å². The molecule has 1 heterocycles. The molecule has 0 radical (unpaired) electrons. The lowest BCUT2D eigenvalue weighted by Gasteiger charge is -1.90. The highest BCUT2D eigenvalue weighted by Crippen LogP contribution is 2.10. The molecule has 0 amide bonds. The van der Waals surface area contributed by atoms with Crippen molar-refractivity contribution in [3.8, 4) is 0 Å². The molecule has 1 aromatic heterocycles. The van der Waals surface area contributed by atoms with Crippen molar-refractivity contribution in [3.05, 3.63) is 34.5 Å². The predicted molar refractivity (Wildman–Crippen MR) is 37.8 cm³/mol. The molecular formula is C6H6N4. The predicted octanol–water partition coefficient (Wildman–Crippen LogP) is 2.33. The SMILES string of the molecule is Cc1cncc(N=[N+]=[N-])c1. The van der Waals surface area contributed by atoms with Gasteiger partial charge in [-0.15, -0.1) is 0 Å². The first kappa shape index (κ1) is 6.58. The van der Waals surface area contributed by atoms with Crippen molar-refractivity contribution in [3.63, 3.8) is 0 Å². The van der Waals surface area contributed by atoms with Gasteiger partial charge in [-0.2, -0.15) is 0 Å². The van der Waals surface area contributed by atoms with Gasteiger partial charge in [0.15, 0.2) is 0 Å². The number of rotatable bonds is 1. The zero-order valence-corrected chi connectivity index (χ0v) is 5.52. The minimum atomic E-state index is 0.558. The zero-order chi connectivity index (χ0) is 7.40. The molecule has 0 aliphatic rings. The molecule has 1 aromatic rings. The van der Waals surface area contributed by atoms with E-state index in [-0.39, 0.29) is 0 Å². The minimum absolute atomic E-state index is 0.558. The molecule has 0 N–H and O–H groups in total. The summed E-state index contributed by atoms with van der Waals surface area (Å²) in [6.07, 6.45) is 3.23. The van der Waals surface area contributed by atoms with Crippen LogP contribution in [0.15, 0.2) is 23.6 Å². The maximum Gasteiger partial charge on any atom is 0.0561 e. The van der Waals surface area contributed by atoms with Crippen molar-refractivity contribution in [2.75, 3.05) is 0 Å². The van der Waals surface area contributed by atoms with E-state index in [1.54, 1.807) is 12.3 Å². The first-order valence-corrected chi connectivity index (χ1v) is 2.79. The Hall–Kier alpha value is -1.54. The summed E-state index contributed by atoms with van der Waals surface area (Å²) < 4.78 is 0. The van der Waals surface area contributed by atoms with E-state index in [1.165, 1.54) is 6.20 Å². The summed E-state index contributed by atoms with van der Waals surface area (Å²) in [5.41, 5.74) is 9.59. The largest absolute Gasteiger partial charge is 0.264 e. The lowest BCUT2D eigenvalue weighted by atomic mass is 10.3. The molecule has 10 heavy (non-hydrogen) atoms. The van der Waals surface area contributed by atoms with Gasteiger partial charge in [0.2, 0.25) is 0 Å². The monoisotopic (exact) mass is 134 g/mol. The van der Waals surface area contributed by atoms with Crippen LogP contribution in [-0.2, 0) is 0 Å². The molecule has 4 nitrogen and oxygen atoms in total. The molecule has 0 saturated heterocycles. The lowest BCUT2D eigenvalue weighted by molar-refractivity contribution is 1.25. The number of pyridine rings is 1. The van der Waals surface area contributed by atoms with E-state index >= 15 is 0 Å². The Balaban J connectivity index is 3.06. The van der Waals surface area contributed by atoms with E-state index in [1.807, 2.05) is 6.92 Å². The van der Waals surface area contributed by atoms with Crippen LogP contribution in [0.3, 0.4) is 0 Å². The Morgan fingerprint density at radius 1 is 1.60 bits per heavy atom. The molecule has 50 valence electrons. The fourth-order valence-electron chi connectivity index (χ4n) is 0.645. The Bertz CT molecular complexity index is 275. The summed E-state index contributed by atoms with van der Waals surface area (Å²) in [5.74, 6) is 0. The van der Waals surface area contributed by atoms with E-state index in [2.05, 4.69) is 15.0 Å². The van der Waals surface area contributed by atoms with E-state index < -0.39 is 0 Å². The third kappa shape index (κ3) is 1.47. The maximum atomic E-state index is 8.04. The molecule has 4 heteroatoms. The van der Waals surface area contributed by atoms with Crippen LogP contribution in [0.25, 0.3) is 10.4 Å². The average Bonchev–Trinajstić information content (AvgIpc) is 1.88. The lowest BCUT2D eigenvalue weighted by Crippen LogP contribution is -1.72. The van der Waals surface area contributed by atoms with Crippen LogP contribution in [0.4, 0.5) is 5.69 Å². The third-order valence-electron chi connectivity index (χ3n) is 1.02. The number of hydrogen-bond donors (Lipinski definition) is 0. The second-order valence-corrected chi connectivity index (χ2v) is 1.91. The van der Waals surface area contributed by atoms with Crippen LogP contribution < -0.4 is 0 Å². The van der Waals surface area contributed by atoms with Crippen molar-refractivity contribution in [1.82, 2.24) is 4.98 Å². The van der Waals surface area contributed by atoms with Crippen LogP contribution in [0.1, 0.15) is 5.56 Å². The average molecular weight is 134 g/mol. The summed E-state index contributed by atoms with van der Waals surface area (Å²) in [7, 11) is 0. The smallest absolute Gasteiger partial charge is 0.0561 e. The normalized spacial score (nSPS) is 8.50. The van der Waals surface area contributed by atoms with Crippen molar-refractivity contribution >= 4 is 5.69 Å². The number of aromatic nitrogens is 1. The van der Waals surface area contributed by atoms with Gasteiger partial charge >= 0.3 is 0 Å². The Kier molecular flexibility index (Phi) is 1.87. The van der Waals surface area contributed by atoms with E-state index in [0.29, 0.717) is 5.69 Å². The molecule has 1 rings (SSSR count). The molecule has 0 spiro atoms. The molecule has 0 aliphatic heterocycles. The minimum Gasteiger partial charge on any atom is -0.264 e. The third-order valence-corrected chi connectivity index (χ3v) is 1.02. The summed E-state index contributed by atoms with van der Waals surface area (Å²) >= 11 is 0. The number of nitrogens with zero attached hydrogens (tertiary/aromatic N) is 4.